The zero-order chi connectivity index (χ0) is 13.4. The molecule has 0 saturated carbocycles. The number of nitrogens with zero attached hydrogens (tertiary/aromatic N) is 2. The minimum atomic E-state index is -1.03. The maximum absolute atomic E-state index is 8.95. The molecule has 1 saturated heterocycles. The molecule has 1 aliphatic rings. The first kappa shape index (κ1) is 17.2. The highest BCUT2D eigenvalue weighted by Crippen LogP contribution is 2.50. The van der Waals surface area contributed by atoms with E-state index in [0.717, 1.165) is 0 Å². The quantitative estimate of drug-likeness (QED) is 0.319. The lowest BCUT2D eigenvalue weighted by Crippen LogP contribution is -2.44. The highest BCUT2D eigenvalue weighted by atomic mass is 35.5. The molecule has 1 fully saturated rings. The molecule has 108 valence electrons. The maximum atomic E-state index is 8.95. The predicted molar refractivity (Wildman–Crippen MR) is 75.4 cm³/mol. The van der Waals surface area contributed by atoms with Crippen LogP contribution >= 0.6 is 43.3 Å². The Hall–Kier alpha value is 1.10. The topological polar surface area (TPSA) is 45.2 Å². The molecule has 1 rings (SSSR count). The van der Waals surface area contributed by atoms with E-state index in [2.05, 4.69) is 9.56 Å². The molecule has 18 heavy (non-hydrogen) atoms. The molecule has 5 nitrogen and oxygen atoms in total. The van der Waals surface area contributed by atoms with Gasteiger partial charge in [0.25, 0.3) is 0 Å². The second kappa shape index (κ2) is 9.92. The zero-order valence-corrected chi connectivity index (χ0v) is 13.1. The van der Waals surface area contributed by atoms with Gasteiger partial charge in [-0.15, -0.1) is 34.8 Å². The van der Waals surface area contributed by atoms with Crippen molar-refractivity contribution in [3.05, 3.63) is 0 Å². The van der Waals surface area contributed by atoms with Crippen LogP contribution in [0.25, 0.3) is 0 Å². The number of hydrogen-bond donors (Lipinski definition) is 1. The van der Waals surface area contributed by atoms with Crippen molar-refractivity contribution in [1.29, 1.82) is 0 Å². The molecule has 0 amide bonds. The number of alkyl halides is 3. The molecule has 2 unspecified atom stereocenters. The van der Waals surface area contributed by atoms with Crippen LogP contribution in [0.1, 0.15) is 6.42 Å². The third kappa shape index (κ3) is 4.89. The molecule has 0 aromatic rings. The van der Waals surface area contributed by atoms with Crippen LogP contribution in [0.15, 0.2) is 0 Å². The average molecular weight is 340 g/mol. The average Bonchev–Trinajstić information content (AvgIpc) is 2.39. The fourth-order valence-electron chi connectivity index (χ4n) is 1.71. The summed E-state index contributed by atoms with van der Waals surface area (Å²) in [7, 11) is -1.03. The lowest BCUT2D eigenvalue weighted by atomic mass is 10.4. The summed E-state index contributed by atoms with van der Waals surface area (Å²) in [5.74, 6) is 1.44. The summed E-state index contributed by atoms with van der Waals surface area (Å²) in [5, 5.41) is 8.95. The second-order valence-electron chi connectivity index (χ2n) is 3.62. The number of hydrogen-bond acceptors (Lipinski definition) is 5. The molecule has 0 aromatic heterocycles. The molecular formula is C9H18Cl3N2O3P. The fourth-order valence-corrected chi connectivity index (χ4v) is 4.75. The monoisotopic (exact) mass is 338 g/mol. The van der Waals surface area contributed by atoms with Crippen molar-refractivity contribution in [3.8, 4) is 0 Å². The van der Waals surface area contributed by atoms with Crippen LogP contribution in [-0.4, -0.2) is 64.7 Å². The molecule has 2 atom stereocenters. The molecule has 0 bridgehead atoms. The Morgan fingerprint density at radius 2 is 1.94 bits per heavy atom. The van der Waals surface area contributed by atoms with Crippen LogP contribution in [-0.2, 0) is 9.41 Å². The molecule has 0 aliphatic carbocycles. The number of halogens is 3. The highest BCUT2D eigenvalue weighted by Gasteiger charge is 2.36. The van der Waals surface area contributed by atoms with Crippen LogP contribution in [0, 0.1) is 0 Å². The first-order valence-electron chi connectivity index (χ1n) is 5.71. The van der Waals surface area contributed by atoms with Crippen LogP contribution < -0.4 is 0 Å². The molecule has 1 N–H and O–H groups in total. The van der Waals surface area contributed by atoms with E-state index in [0.29, 0.717) is 50.3 Å². The number of rotatable bonds is 8. The third-order valence-corrected chi connectivity index (χ3v) is 5.19. The Morgan fingerprint density at radius 1 is 1.28 bits per heavy atom. The first-order chi connectivity index (χ1) is 8.78. The van der Waals surface area contributed by atoms with E-state index in [-0.39, 0.29) is 6.23 Å². The molecular weight excluding hydrogens is 321 g/mol. The van der Waals surface area contributed by atoms with Gasteiger partial charge in [0.15, 0.2) is 14.7 Å². The normalized spacial score (nSPS) is 25.8. The third-order valence-electron chi connectivity index (χ3n) is 2.49. The minimum absolute atomic E-state index is 0.378. The van der Waals surface area contributed by atoms with Crippen LogP contribution in [0.4, 0.5) is 0 Å². The predicted octanol–water partition coefficient (Wildman–Crippen LogP) is 2.77. The zero-order valence-electron chi connectivity index (χ0n) is 9.97. The van der Waals surface area contributed by atoms with Gasteiger partial charge in [-0.25, -0.2) is 14.2 Å². The van der Waals surface area contributed by atoms with Gasteiger partial charge in [-0.1, -0.05) is 0 Å². The molecule has 0 radical (unpaired) electrons. The summed E-state index contributed by atoms with van der Waals surface area (Å²) in [6, 6.07) is 0. The molecule has 1 heterocycles. The maximum Gasteiger partial charge on any atom is 0.190 e. The fraction of sp³-hybridized carbons (Fsp3) is 1.00. The largest absolute Gasteiger partial charge is 0.331 e. The SMILES string of the molecule is OOC1CCOP(N(CCCl)CCCl)N1CCCl. The van der Waals surface area contributed by atoms with E-state index < -0.39 is 8.45 Å². The lowest BCUT2D eigenvalue weighted by Gasteiger charge is -2.43. The van der Waals surface area contributed by atoms with Crippen molar-refractivity contribution in [1.82, 2.24) is 9.34 Å². The highest BCUT2D eigenvalue weighted by molar-refractivity contribution is 7.47. The van der Waals surface area contributed by atoms with Crippen LogP contribution in [0.2, 0.25) is 0 Å². The summed E-state index contributed by atoms with van der Waals surface area (Å²) in [6.07, 6.45) is 0.235. The second-order valence-corrected chi connectivity index (χ2v) is 6.60. The van der Waals surface area contributed by atoms with Gasteiger partial charge in [0, 0.05) is 43.7 Å². The van der Waals surface area contributed by atoms with Crippen molar-refractivity contribution in [2.24, 2.45) is 0 Å². The smallest absolute Gasteiger partial charge is 0.190 e. The van der Waals surface area contributed by atoms with Gasteiger partial charge in [-0.05, 0) is 0 Å². The minimum Gasteiger partial charge on any atom is -0.331 e. The van der Waals surface area contributed by atoms with Gasteiger partial charge in [0.2, 0.25) is 0 Å². The Balaban J connectivity index is 2.72. The standard InChI is InChI=1S/C9H18Cl3N2O3P/c10-2-5-13(6-3-11)18-14(7-4-12)9(17-15)1-8-16-18/h9,15H,1-8H2. The Bertz CT molecular complexity index is 225. The van der Waals surface area contributed by atoms with Crippen molar-refractivity contribution < 1.29 is 14.7 Å². The van der Waals surface area contributed by atoms with Gasteiger partial charge >= 0.3 is 0 Å². The summed E-state index contributed by atoms with van der Waals surface area (Å²) in [6.45, 7) is 2.48. The van der Waals surface area contributed by atoms with Gasteiger partial charge in [0.1, 0.15) is 0 Å². The van der Waals surface area contributed by atoms with Crippen LogP contribution in [0.5, 0.6) is 0 Å². The van der Waals surface area contributed by atoms with Crippen molar-refractivity contribution in [2.75, 3.05) is 43.9 Å². The van der Waals surface area contributed by atoms with Crippen molar-refractivity contribution in [3.63, 3.8) is 0 Å². The van der Waals surface area contributed by atoms with E-state index in [4.69, 9.17) is 44.6 Å². The van der Waals surface area contributed by atoms with Gasteiger partial charge in [-0.2, -0.15) is 0 Å². The summed E-state index contributed by atoms with van der Waals surface area (Å²) in [4.78, 5) is 4.50. The molecule has 0 aromatic carbocycles. The Morgan fingerprint density at radius 3 is 2.44 bits per heavy atom. The summed E-state index contributed by atoms with van der Waals surface area (Å²) < 4.78 is 9.80. The summed E-state index contributed by atoms with van der Waals surface area (Å²) >= 11 is 17.4. The molecule has 9 heteroatoms. The summed E-state index contributed by atoms with van der Waals surface area (Å²) in [5.41, 5.74) is 0. The van der Waals surface area contributed by atoms with E-state index in [1.165, 1.54) is 0 Å². The van der Waals surface area contributed by atoms with E-state index in [9.17, 15) is 0 Å². The van der Waals surface area contributed by atoms with E-state index >= 15 is 0 Å². The Labute approximate surface area is 124 Å². The van der Waals surface area contributed by atoms with Gasteiger partial charge in [-0.3, -0.25) is 5.26 Å². The van der Waals surface area contributed by atoms with Crippen molar-refractivity contribution in [2.45, 2.75) is 12.6 Å². The van der Waals surface area contributed by atoms with E-state index in [1.807, 2.05) is 4.67 Å². The van der Waals surface area contributed by atoms with Crippen LogP contribution in [0.3, 0.4) is 0 Å². The Kier molecular flexibility index (Phi) is 9.45. The van der Waals surface area contributed by atoms with E-state index in [1.54, 1.807) is 0 Å². The lowest BCUT2D eigenvalue weighted by molar-refractivity contribution is -0.308. The van der Waals surface area contributed by atoms with Crippen molar-refractivity contribution >= 4 is 43.3 Å². The first-order valence-corrected chi connectivity index (χ1v) is 8.48. The van der Waals surface area contributed by atoms with Gasteiger partial charge in [0.05, 0.1) is 6.61 Å². The molecule has 0 spiro atoms. The van der Waals surface area contributed by atoms with Gasteiger partial charge < -0.3 is 4.52 Å². The molecule has 1 aliphatic heterocycles.